The van der Waals surface area contributed by atoms with Crippen molar-refractivity contribution < 1.29 is 9.59 Å². The molecule has 0 radical (unpaired) electrons. The van der Waals surface area contributed by atoms with Crippen molar-refractivity contribution in [2.75, 3.05) is 20.1 Å². The summed E-state index contributed by atoms with van der Waals surface area (Å²) >= 11 is 0. The Bertz CT molecular complexity index is 338. The molecule has 1 atom stereocenters. The minimum atomic E-state index is -0.0636. The topological polar surface area (TPSA) is 40.6 Å². The Kier molecular flexibility index (Phi) is 5.58. The minimum absolute atomic E-state index is 0.0636. The van der Waals surface area contributed by atoms with Crippen LogP contribution in [-0.4, -0.2) is 53.7 Å². The second-order valence-electron chi connectivity index (χ2n) is 6.35. The average Bonchev–Trinajstić information content (AvgIpc) is 2.75. The molecule has 2 rings (SSSR count). The highest BCUT2D eigenvalue weighted by Gasteiger charge is 2.30. The molecule has 2 aliphatic rings. The first-order valence-corrected chi connectivity index (χ1v) is 8.12. The third kappa shape index (κ3) is 3.81. The van der Waals surface area contributed by atoms with Crippen molar-refractivity contribution in [3.05, 3.63) is 0 Å². The third-order valence-electron chi connectivity index (χ3n) is 4.97. The number of carbonyl (C=O) groups is 2. The Balaban J connectivity index is 1.89. The van der Waals surface area contributed by atoms with Gasteiger partial charge in [0.2, 0.25) is 5.91 Å². The Morgan fingerprint density at radius 1 is 1.15 bits per heavy atom. The summed E-state index contributed by atoms with van der Waals surface area (Å²) in [5, 5.41) is 0. The van der Waals surface area contributed by atoms with E-state index in [1.165, 1.54) is 12.8 Å². The molecule has 1 amide bonds. The molecule has 1 aliphatic heterocycles. The number of ketones is 1. The Morgan fingerprint density at radius 2 is 1.70 bits per heavy atom. The molecular formula is C16H28N2O2. The van der Waals surface area contributed by atoms with Crippen molar-refractivity contribution >= 4 is 11.7 Å². The van der Waals surface area contributed by atoms with E-state index in [1.807, 2.05) is 18.9 Å². The zero-order valence-electron chi connectivity index (χ0n) is 12.9. The summed E-state index contributed by atoms with van der Waals surface area (Å²) in [6, 6.07) is 0.324. The maximum atomic E-state index is 12.6. The van der Waals surface area contributed by atoms with E-state index in [0.29, 0.717) is 24.7 Å². The fourth-order valence-corrected chi connectivity index (χ4v) is 3.38. The average molecular weight is 280 g/mol. The quantitative estimate of drug-likeness (QED) is 0.796. The molecule has 4 nitrogen and oxygen atoms in total. The molecule has 0 aromatic heterocycles. The molecule has 0 spiro atoms. The largest absolute Gasteiger partial charge is 0.341 e. The van der Waals surface area contributed by atoms with E-state index in [-0.39, 0.29) is 11.9 Å². The molecule has 2 fully saturated rings. The van der Waals surface area contributed by atoms with E-state index < -0.39 is 0 Å². The number of amides is 1. The van der Waals surface area contributed by atoms with Crippen molar-refractivity contribution in [2.24, 2.45) is 0 Å². The maximum absolute atomic E-state index is 12.6. The van der Waals surface area contributed by atoms with Gasteiger partial charge in [-0.2, -0.15) is 0 Å². The van der Waals surface area contributed by atoms with E-state index in [9.17, 15) is 9.59 Å². The van der Waals surface area contributed by atoms with Crippen LogP contribution in [0.2, 0.25) is 0 Å². The fraction of sp³-hybridized carbons (Fsp3) is 0.875. The first-order chi connectivity index (χ1) is 9.59. The van der Waals surface area contributed by atoms with Gasteiger partial charge in [-0.15, -0.1) is 0 Å². The molecule has 1 saturated heterocycles. The Labute approximate surface area is 122 Å². The normalized spacial score (nSPS) is 23.8. The summed E-state index contributed by atoms with van der Waals surface area (Å²) in [7, 11) is 2.04. The lowest BCUT2D eigenvalue weighted by atomic mass is 9.92. The van der Waals surface area contributed by atoms with Crippen LogP contribution in [0.3, 0.4) is 0 Å². The van der Waals surface area contributed by atoms with Crippen molar-refractivity contribution in [2.45, 2.75) is 70.4 Å². The van der Waals surface area contributed by atoms with Gasteiger partial charge in [0.05, 0.1) is 6.04 Å². The van der Waals surface area contributed by atoms with Gasteiger partial charge in [-0.3, -0.25) is 14.5 Å². The monoisotopic (exact) mass is 280 g/mol. The lowest BCUT2D eigenvalue weighted by Gasteiger charge is -2.36. The van der Waals surface area contributed by atoms with Crippen LogP contribution >= 0.6 is 0 Å². The predicted octanol–water partition coefficient (Wildman–Crippen LogP) is 2.22. The summed E-state index contributed by atoms with van der Waals surface area (Å²) < 4.78 is 0. The summed E-state index contributed by atoms with van der Waals surface area (Å²) in [4.78, 5) is 28.2. The van der Waals surface area contributed by atoms with E-state index >= 15 is 0 Å². The predicted molar refractivity (Wildman–Crippen MR) is 79.5 cm³/mol. The summed E-state index contributed by atoms with van der Waals surface area (Å²) in [5.41, 5.74) is 0. The minimum Gasteiger partial charge on any atom is -0.341 e. The molecule has 1 heterocycles. The third-order valence-corrected chi connectivity index (χ3v) is 4.97. The number of rotatable bonds is 3. The van der Waals surface area contributed by atoms with Crippen molar-refractivity contribution in [3.8, 4) is 0 Å². The number of hydrogen-bond acceptors (Lipinski definition) is 3. The molecular weight excluding hydrogens is 252 g/mol. The summed E-state index contributed by atoms with van der Waals surface area (Å²) in [6.07, 6.45) is 7.96. The number of likely N-dealkylation sites (tertiary alicyclic amines) is 1. The highest BCUT2D eigenvalue weighted by atomic mass is 16.2. The van der Waals surface area contributed by atoms with E-state index in [4.69, 9.17) is 0 Å². The zero-order valence-corrected chi connectivity index (χ0v) is 12.9. The standard InChI is InChI=1S/C16H28N2O2/c1-13(16(20)18-11-5-3-4-6-12-18)17(2)14-7-9-15(19)10-8-14/h13-14H,3-12H2,1-2H3. The number of carbonyl (C=O) groups excluding carboxylic acids is 2. The number of likely N-dealkylation sites (N-methyl/N-ethyl adjacent to an activating group) is 1. The van der Waals surface area contributed by atoms with Gasteiger partial charge in [0.1, 0.15) is 5.78 Å². The molecule has 0 N–H and O–H groups in total. The van der Waals surface area contributed by atoms with Crippen LogP contribution in [0.4, 0.5) is 0 Å². The summed E-state index contributed by atoms with van der Waals surface area (Å²) in [6.45, 7) is 3.85. The van der Waals surface area contributed by atoms with Crippen LogP contribution in [-0.2, 0) is 9.59 Å². The maximum Gasteiger partial charge on any atom is 0.239 e. The zero-order chi connectivity index (χ0) is 14.5. The Hall–Kier alpha value is -0.900. The van der Waals surface area contributed by atoms with Gasteiger partial charge in [-0.25, -0.2) is 0 Å². The van der Waals surface area contributed by atoms with Gasteiger partial charge >= 0.3 is 0 Å². The molecule has 0 aromatic rings. The number of nitrogens with zero attached hydrogens (tertiary/aromatic N) is 2. The second-order valence-corrected chi connectivity index (χ2v) is 6.35. The highest BCUT2D eigenvalue weighted by molar-refractivity contribution is 5.82. The Morgan fingerprint density at radius 3 is 2.25 bits per heavy atom. The van der Waals surface area contributed by atoms with Gasteiger partial charge in [0.25, 0.3) is 0 Å². The smallest absolute Gasteiger partial charge is 0.239 e. The SMILES string of the molecule is CC(C(=O)N1CCCCCC1)N(C)C1CCC(=O)CC1. The van der Waals surface area contributed by atoms with Crippen LogP contribution in [0.5, 0.6) is 0 Å². The van der Waals surface area contributed by atoms with Crippen LogP contribution in [0.15, 0.2) is 0 Å². The molecule has 4 heteroatoms. The van der Waals surface area contributed by atoms with Crippen molar-refractivity contribution in [3.63, 3.8) is 0 Å². The lowest BCUT2D eigenvalue weighted by molar-refractivity contribution is -0.137. The van der Waals surface area contributed by atoms with Gasteiger partial charge in [0.15, 0.2) is 0 Å². The number of Topliss-reactive ketones (excluding diaryl/α,β-unsaturated/α-hetero) is 1. The van der Waals surface area contributed by atoms with Crippen molar-refractivity contribution in [1.29, 1.82) is 0 Å². The highest BCUT2D eigenvalue weighted by Crippen LogP contribution is 2.22. The molecule has 114 valence electrons. The van der Waals surface area contributed by atoms with E-state index in [1.54, 1.807) is 0 Å². The molecule has 1 saturated carbocycles. The van der Waals surface area contributed by atoms with Crippen molar-refractivity contribution in [1.82, 2.24) is 9.80 Å². The van der Waals surface area contributed by atoms with Crippen LogP contribution in [0.25, 0.3) is 0 Å². The first kappa shape index (κ1) is 15.5. The number of hydrogen-bond donors (Lipinski definition) is 0. The van der Waals surface area contributed by atoms with Gasteiger partial charge in [-0.05, 0) is 39.7 Å². The lowest BCUT2D eigenvalue weighted by Crippen LogP contribution is -2.50. The molecule has 0 bridgehead atoms. The second kappa shape index (κ2) is 7.21. The van der Waals surface area contributed by atoms with Gasteiger partial charge in [0, 0.05) is 32.0 Å². The molecule has 0 aromatic carbocycles. The molecule has 1 unspecified atom stereocenters. The fourth-order valence-electron chi connectivity index (χ4n) is 3.38. The van der Waals surface area contributed by atoms with Crippen LogP contribution in [0, 0.1) is 0 Å². The van der Waals surface area contributed by atoms with E-state index in [0.717, 1.165) is 38.8 Å². The molecule has 20 heavy (non-hydrogen) atoms. The van der Waals surface area contributed by atoms with Crippen LogP contribution < -0.4 is 0 Å². The summed E-state index contributed by atoms with van der Waals surface area (Å²) in [5.74, 6) is 0.646. The van der Waals surface area contributed by atoms with Gasteiger partial charge < -0.3 is 4.90 Å². The van der Waals surface area contributed by atoms with Crippen LogP contribution in [0.1, 0.15) is 58.3 Å². The first-order valence-electron chi connectivity index (χ1n) is 8.12. The van der Waals surface area contributed by atoms with Gasteiger partial charge in [-0.1, -0.05) is 12.8 Å². The van der Waals surface area contributed by atoms with E-state index in [2.05, 4.69) is 4.90 Å². The molecule has 1 aliphatic carbocycles.